The molecule has 23 unspecified atom stereocenters. The summed E-state index contributed by atoms with van der Waals surface area (Å²) < 4.78 is 160. The normalized spacial score (nSPS) is 42.3. The maximum absolute atomic E-state index is 12.4. The number of aliphatic carboxylic acids is 2. The summed E-state index contributed by atoms with van der Waals surface area (Å²) in [5.74, 6) is -10.3. The first-order valence-corrected chi connectivity index (χ1v) is 25.3. The molecule has 34 nitrogen and oxygen atoms in total. The molecule has 5 rings (SSSR count). The predicted molar refractivity (Wildman–Crippen MR) is 217 cm³/mol. The first-order chi connectivity index (χ1) is 33.3. The van der Waals surface area contributed by atoms with Gasteiger partial charge in [-0.15, -0.1) is 0 Å². The van der Waals surface area contributed by atoms with Gasteiger partial charge in [0.25, 0.3) is 0 Å². The molecule has 4 saturated heterocycles. The van der Waals surface area contributed by atoms with Gasteiger partial charge in [0.2, 0.25) is 12.0 Å². The van der Waals surface area contributed by atoms with Crippen LogP contribution >= 0.6 is 0 Å². The van der Waals surface area contributed by atoms with Gasteiger partial charge >= 0.3 is 43.1 Å². The summed E-state index contributed by atoms with van der Waals surface area (Å²) in [6.07, 6.45) is -35.7. The van der Waals surface area contributed by atoms with Gasteiger partial charge < -0.3 is 98.8 Å². The van der Waals surface area contributed by atoms with Crippen molar-refractivity contribution in [3.63, 3.8) is 0 Å². The highest BCUT2D eigenvalue weighted by atomic mass is 32.3. The highest BCUT2D eigenvalue weighted by Gasteiger charge is 2.54. The lowest BCUT2D eigenvalue weighted by atomic mass is 9.80. The van der Waals surface area contributed by atoms with E-state index in [4.69, 9.17) is 42.6 Å². The van der Waals surface area contributed by atoms with Crippen molar-refractivity contribution in [1.82, 2.24) is 0 Å². The molecule has 72 heavy (non-hydrogen) atoms. The van der Waals surface area contributed by atoms with Crippen molar-refractivity contribution in [2.45, 2.75) is 131 Å². The molecule has 418 valence electrons. The first kappa shape index (κ1) is 60.3. The molecule has 0 aliphatic carbocycles. The maximum Gasteiger partial charge on any atom is 0.397 e. The fourth-order valence-corrected chi connectivity index (χ4v) is 9.77. The minimum Gasteiger partial charge on any atom is -0.479 e. The Morgan fingerprint density at radius 3 is 1.67 bits per heavy atom. The minimum absolute atomic E-state index is 0.677. The van der Waals surface area contributed by atoms with Crippen LogP contribution in [0, 0.1) is 23.7 Å². The molecular formula is C35H56O34S3. The van der Waals surface area contributed by atoms with Crippen LogP contribution in [0.4, 0.5) is 0 Å². The van der Waals surface area contributed by atoms with Gasteiger partial charge in [0.1, 0.15) is 48.8 Å². The molecule has 0 aromatic heterocycles. The number of carboxylic acids is 2. The van der Waals surface area contributed by atoms with Crippen LogP contribution in [0.2, 0.25) is 0 Å². The van der Waals surface area contributed by atoms with Crippen LogP contribution in [-0.2, 0) is 96.0 Å². The Hall–Kier alpha value is -2.59. The molecule has 5 aliphatic heterocycles. The van der Waals surface area contributed by atoms with Crippen molar-refractivity contribution < 1.29 is 160 Å². The molecule has 0 radical (unpaired) electrons. The Morgan fingerprint density at radius 1 is 0.528 bits per heavy atom. The van der Waals surface area contributed by atoms with Crippen molar-refractivity contribution in [2.75, 3.05) is 39.6 Å². The summed E-state index contributed by atoms with van der Waals surface area (Å²) in [6, 6.07) is 0. The molecule has 0 bridgehead atoms. The fraction of sp³-hybridized carbons (Fsp3) is 0.886. The van der Waals surface area contributed by atoms with E-state index in [2.05, 4.69) is 12.5 Å². The SMILES string of the molecule is CC1OC(COS(=O)(=O)O)C(O)C(COC2OC(C)C(OS(=O)(=O)O)C(O)C2OS(=O)(=O)O)C1COC1OC(C(=O)O)C(O)C(COC2OC(CO)C(O)C(O)C2COC2OC(C(=O)O)=CC(O)C2O)C1O. The van der Waals surface area contributed by atoms with Gasteiger partial charge in [-0.3, -0.25) is 13.7 Å². The van der Waals surface area contributed by atoms with Crippen LogP contribution in [0.15, 0.2) is 11.8 Å². The Kier molecular flexibility index (Phi) is 20.6. The predicted octanol–water partition coefficient (Wildman–Crippen LogP) is -8.02. The summed E-state index contributed by atoms with van der Waals surface area (Å²) >= 11 is 0. The number of aliphatic hydroxyl groups excluding tert-OH is 9. The molecule has 0 saturated carbocycles. The van der Waals surface area contributed by atoms with Gasteiger partial charge in [-0.25, -0.2) is 22.1 Å². The summed E-state index contributed by atoms with van der Waals surface area (Å²) in [5, 5.41) is 116. The van der Waals surface area contributed by atoms with Gasteiger partial charge in [0.15, 0.2) is 31.1 Å². The Balaban J connectivity index is 1.36. The van der Waals surface area contributed by atoms with Crippen LogP contribution in [-0.4, -0.2) is 263 Å². The number of carbonyl (C=O) groups is 2. The second-order valence-corrected chi connectivity index (χ2v) is 20.2. The number of hydrogen-bond acceptors (Lipinski definition) is 29. The number of ether oxygens (including phenoxy) is 9. The first-order valence-electron chi connectivity index (χ1n) is 21.2. The summed E-state index contributed by atoms with van der Waals surface area (Å²) in [4.78, 5) is 23.8. The second-order valence-electron chi connectivity index (χ2n) is 17.0. The van der Waals surface area contributed by atoms with Crippen molar-refractivity contribution in [3.8, 4) is 0 Å². The molecule has 0 amide bonds. The van der Waals surface area contributed by atoms with Gasteiger partial charge in [-0.1, -0.05) is 0 Å². The van der Waals surface area contributed by atoms with Crippen molar-refractivity contribution >= 4 is 43.1 Å². The van der Waals surface area contributed by atoms with E-state index in [1.807, 2.05) is 0 Å². The Labute approximate surface area is 407 Å². The number of rotatable bonds is 22. The van der Waals surface area contributed by atoms with E-state index in [1.54, 1.807) is 0 Å². The molecule has 5 aliphatic rings. The van der Waals surface area contributed by atoms with E-state index in [9.17, 15) is 105 Å². The lowest BCUT2D eigenvalue weighted by molar-refractivity contribution is -0.323. The molecule has 37 heteroatoms. The molecule has 0 spiro atoms. The number of hydrogen-bond donors (Lipinski definition) is 14. The minimum atomic E-state index is -5.52. The van der Waals surface area contributed by atoms with Gasteiger partial charge in [-0.2, -0.15) is 25.3 Å². The number of aliphatic hydroxyl groups is 9. The highest BCUT2D eigenvalue weighted by molar-refractivity contribution is 7.81. The number of carboxylic acid groups (broad SMARTS) is 2. The standard InChI is InChI=1S/C35H56O34S3/c1-10-12(13(20(38)19(63-10)9-62-70(49,50)51)6-61-35-29(69-72(55,56)57)26(44)27(11(2)64-35)68-71(52,53)54)5-59-33-23(41)14(22(40)28(67-33)31(47)48)7-58-32-15(21(39)25(43)18(4-36)66-32)8-60-34-24(42)16(37)3-17(65-34)30(45)46/h3,10-16,18-29,32-44H,4-9H2,1-2H3,(H,45,46)(H,47,48)(H,49,50,51)(H,52,53,54)(H,55,56,57). The smallest absolute Gasteiger partial charge is 0.397 e. The zero-order chi connectivity index (χ0) is 53.9. The molecule has 5 heterocycles. The average Bonchev–Trinajstić information content (AvgIpc) is 3.26. The maximum atomic E-state index is 12.4. The van der Waals surface area contributed by atoms with E-state index in [0.29, 0.717) is 6.08 Å². The Morgan fingerprint density at radius 2 is 1.08 bits per heavy atom. The highest BCUT2D eigenvalue weighted by Crippen LogP contribution is 2.37. The molecule has 14 N–H and O–H groups in total. The van der Waals surface area contributed by atoms with Gasteiger partial charge in [0, 0.05) is 17.8 Å². The lowest BCUT2D eigenvalue weighted by Gasteiger charge is -2.47. The topological polar surface area (TPSA) is 531 Å². The van der Waals surface area contributed by atoms with Crippen LogP contribution in [0.5, 0.6) is 0 Å². The van der Waals surface area contributed by atoms with Crippen LogP contribution in [0.25, 0.3) is 0 Å². The molecule has 0 aromatic carbocycles. The lowest BCUT2D eigenvalue weighted by Crippen LogP contribution is -2.61. The molecular weight excluding hydrogens is 1060 g/mol. The molecule has 4 fully saturated rings. The largest absolute Gasteiger partial charge is 0.479 e. The van der Waals surface area contributed by atoms with E-state index in [0.717, 1.165) is 6.92 Å². The third kappa shape index (κ3) is 15.3. The quantitative estimate of drug-likeness (QED) is 0.0448. The van der Waals surface area contributed by atoms with Crippen LogP contribution in [0.3, 0.4) is 0 Å². The zero-order valence-electron chi connectivity index (χ0n) is 37.2. The van der Waals surface area contributed by atoms with Gasteiger partial charge in [-0.05, 0) is 19.9 Å². The summed E-state index contributed by atoms with van der Waals surface area (Å²) in [5.41, 5.74) is 0. The van der Waals surface area contributed by atoms with Crippen LogP contribution in [0.1, 0.15) is 13.8 Å². The Bertz CT molecular complexity index is 2200. The molecule has 23 atom stereocenters. The van der Waals surface area contributed by atoms with E-state index < -0.39 is 229 Å². The van der Waals surface area contributed by atoms with E-state index in [1.165, 1.54) is 6.92 Å². The third-order valence-electron chi connectivity index (χ3n) is 12.2. The van der Waals surface area contributed by atoms with Crippen molar-refractivity contribution in [3.05, 3.63) is 11.8 Å². The fourth-order valence-electron chi connectivity index (χ4n) is 8.43. The summed E-state index contributed by atoms with van der Waals surface area (Å²) in [7, 11) is -16.0. The van der Waals surface area contributed by atoms with E-state index in [-0.39, 0.29) is 0 Å². The van der Waals surface area contributed by atoms with Crippen molar-refractivity contribution in [1.29, 1.82) is 0 Å². The average molecular weight is 1120 g/mol. The van der Waals surface area contributed by atoms with Crippen LogP contribution < -0.4 is 0 Å². The monoisotopic (exact) mass is 1120 g/mol. The van der Waals surface area contributed by atoms with Crippen molar-refractivity contribution in [2.24, 2.45) is 23.7 Å². The second kappa shape index (κ2) is 24.6. The third-order valence-corrected chi connectivity index (χ3v) is 13.5. The van der Waals surface area contributed by atoms with E-state index >= 15 is 0 Å². The van der Waals surface area contributed by atoms with Gasteiger partial charge in [0.05, 0.1) is 76.1 Å². The summed E-state index contributed by atoms with van der Waals surface area (Å²) in [6.45, 7) is -2.95. The zero-order valence-corrected chi connectivity index (χ0v) is 39.7. The molecule has 0 aromatic rings.